The number of amides is 1. The van der Waals surface area contributed by atoms with Crippen molar-refractivity contribution in [2.24, 2.45) is 0 Å². The lowest BCUT2D eigenvalue weighted by Gasteiger charge is -2.14. The number of carbonyl (C=O) groups is 1. The van der Waals surface area contributed by atoms with E-state index in [1.165, 1.54) is 17.4 Å². The maximum Gasteiger partial charge on any atom is 0.262 e. The predicted molar refractivity (Wildman–Crippen MR) is 127 cm³/mol. The zero-order valence-corrected chi connectivity index (χ0v) is 20.2. The Morgan fingerprint density at radius 1 is 1.06 bits per heavy atom. The van der Waals surface area contributed by atoms with Crippen LogP contribution in [0.25, 0.3) is 0 Å². The number of aryl methyl sites for hydroxylation is 3. The lowest BCUT2D eigenvalue weighted by atomic mass is 10.1. The number of rotatable bonds is 8. The number of thioether (sulfide) groups is 1. The Balaban J connectivity index is 1.82. The van der Waals surface area contributed by atoms with Crippen LogP contribution in [0.5, 0.6) is 0 Å². The number of sulfonamides is 1. The molecule has 0 spiro atoms. The quantitative estimate of drug-likeness (QED) is 0.350. The van der Waals surface area contributed by atoms with E-state index in [9.17, 15) is 13.2 Å². The third kappa shape index (κ3) is 5.84. The zero-order chi connectivity index (χ0) is 22.6. The molecule has 7 nitrogen and oxygen atoms in total. The van der Waals surface area contributed by atoms with Crippen molar-refractivity contribution in [1.29, 1.82) is 0 Å². The van der Waals surface area contributed by atoms with Crippen molar-refractivity contribution in [2.75, 3.05) is 15.8 Å². The van der Waals surface area contributed by atoms with E-state index in [4.69, 9.17) is 0 Å². The SMILES string of the molecule is CCCSc1nnc(NC(=O)c2ccc(C)c(S(=O)(=O)Nc3cc(C)ccc3C)c2)s1. The van der Waals surface area contributed by atoms with E-state index in [1.807, 2.05) is 26.0 Å². The molecule has 0 aliphatic carbocycles. The highest BCUT2D eigenvalue weighted by Crippen LogP contribution is 2.27. The molecule has 1 amide bonds. The van der Waals surface area contributed by atoms with E-state index in [0.717, 1.165) is 27.6 Å². The van der Waals surface area contributed by atoms with E-state index in [0.29, 0.717) is 16.4 Å². The summed E-state index contributed by atoms with van der Waals surface area (Å²) < 4.78 is 29.5. The van der Waals surface area contributed by atoms with Crippen molar-refractivity contribution in [1.82, 2.24) is 10.2 Å². The second-order valence-corrected chi connectivity index (χ2v) is 11.1. The molecule has 1 heterocycles. The molecule has 0 aliphatic heterocycles. The summed E-state index contributed by atoms with van der Waals surface area (Å²) >= 11 is 2.87. The summed E-state index contributed by atoms with van der Waals surface area (Å²) in [6.45, 7) is 7.51. The van der Waals surface area contributed by atoms with Crippen LogP contribution in [0.15, 0.2) is 45.6 Å². The summed E-state index contributed by atoms with van der Waals surface area (Å²) in [6, 6.07) is 10.2. The van der Waals surface area contributed by atoms with E-state index in [-0.39, 0.29) is 10.5 Å². The van der Waals surface area contributed by atoms with Crippen molar-refractivity contribution in [2.45, 2.75) is 43.4 Å². The van der Waals surface area contributed by atoms with Crippen LogP contribution in [0.3, 0.4) is 0 Å². The van der Waals surface area contributed by atoms with E-state index in [2.05, 4.69) is 27.2 Å². The molecule has 0 saturated carbocycles. The monoisotopic (exact) mass is 476 g/mol. The Labute approximate surface area is 190 Å². The van der Waals surface area contributed by atoms with Crippen molar-refractivity contribution >= 4 is 49.8 Å². The summed E-state index contributed by atoms with van der Waals surface area (Å²) in [5.41, 5.74) is 3.05. The van der Waals surface area contributed by atoms with Gasteiger partial charge in [-0.3, -0.25) is 14.8 Å². The first kappa shape index (κ1) is 23.2. The van der Waals surface area contributed by atoms with Gasteiger partial charge in [0.2, 0.25) is 5.13 Å². The summed E-state index contributed by atoms with van der Waals surface area (Å²) in [5.74, 6) is 0.487. The number of aromatic nitrogens is 2. The second-order valence-electron chi connectivity index (χ2n) is 7.08. The smallest absolute Gasteiger partial charge is 0.262 e. The molecular weight excluding hydrogens is 452 g/mol. The van der Waals surface area contributed by atoms with Crippen molar-refractivity contribution in [3.63, 3.8) is 0 Å². The number of carbonyl (C=O) groups excluding carboxylic acids is 1. The molecule has 3 aromatic rings. The Hall–Kier alpha value is -2.43. The van der Waals surface area contributed by atoms with Crippen LogP contribution in [-0.2, 0) is 10.0 Å². The van der Waals surface area contributed by atoms with Crippen LogP contribution in [0.2, 0.25) is 0 Å². The molecule has 10 heteroatoms. The van der Waals surface area contributed by atoms with Gasteiger partial charge in [-0.2, -0.15) is 0 Å². The highest BCUT2D eigenvalue weighted by molar-refractivity contribution is 8.01. The molecule has 164 valence electrons. The van der Waals surface area contributed by atoms with Crippen LogP contribution in [0.1, 0.15) is 40.4 Å². The van der Waals surface area contributed by atoms with Crippen LogP contribution in [0, 0.1) is 20.8 Å². The van der Waals surface area contributed by atoms with Crippen molar-refractivity contribution in [3.8, 4) is 0 Å². The fraction of sp³-hybridized carbons (Fsp3) is 0.286. The fourth-order valence-electron chi connectivity index (χ4n) is 2.75. The summed E-state index contributed by atoms with van der Waals surface area (Å²) in [4.78, 5) is 12.7. The second kappa shape index (κ2) is 9.80. The van der Waals surface area contributed by atoms with Gasteiger partial charge in [0.25, 0.3) is 15.9 Å². The molecule has 1 aromatic heterocycles. The lowest BCUT2D eigenvalue weighted by Crippen LogP contribution is -2.17. The van der Waals surface area contributed by atoms with Gasteiger partial charge >= 0.3 is 0 Å². The zero-order valence-electron chi connectivity index (χ0n) is 17.7. The minimum absolute atomic E-state index is 0.0533. The van der Waals surface area contributed by atoms with E-state index >= 15 is 0 Å². The Bertz CT molecular complexity index is 1210. The van der Waals surface area contributed by atoms with Gasteiger partial charge < -0.3 is 0 Å². The third-order valence-corrected chi connectivity index (χ3v) is 8.12. The average Bonchev–Trinajstić information content (AvgIpc) is 3.16. The number of nitrogens with one attached hydrogen (secondary N) is 2. The lowest BCUT2D eigenvalue weighted by molar-refractivity contribution is 0.102. The molecule has 0 radical (unpaired) electrons. The normalized spacial score (nSPS) is 11.4. The number of benzene rings is 2. The topological polar surface area (TPSA) is 101 Å². The van der Waals surface area contributed by atoms with Gasteiger partial charge in [-0.1, -0.05) is 48.2 Å². The van der Waals surface area contributed by atoms with Gasteiger partial charge in [-0.25, -0.2) is 8.42 Å². The molecule has 0 unspecified atom stereocenters. The summed E-state index contributed by atoms with van der Waals surface area (Å²) in [5, 5.41) is 11.1. The van der Waals surface area contributed by atoms with Gasteiger partial charge in [0, 0.05) is 11.3 Å². The average molecular weight is 477 g/mol. The van der Waals surface area contributed by atoms with Gasteiger partial charge in [0.15, 0.2) is 4.34 Å². The molecule has 2 aromatic carbocycles. The van der Waals surface area contributed by atoms with Crippen LogP contribution in [-0.4, -0.2) is 30.3 Å². The Morgan fingerprint density at radius 3 is 2.55 bits per heavy atom. The minimum Gasteiger partial charge on any atom is -0.296 e. The highest BCUT2D eigenvalue weighted by Gasteiger charge is 2.21. The Kier molecular flexibility index (Phi) is 7.34. The van der Waals surface area contributed by atoms with Crippen LogP contribution >= 0.6 is 23.1 Å². The highest BCUT2D eigenvalue weighted by atomic mass is 32.2. The molecule has 0 aliphatic rings. The summed E-state index contributed by atoms with van der Waals surface area (Å²) in [7, 11) is -3.88. The molecular formula is C21H24N4O3S3. The molecule has 0 bridgehead atoms. The molecule has 0 fully saturated rings. The minimum atomic E-state index is -3.88. The predicted octanol–water partition coefficient (Wildman–Crippen LogP) is 5.02. The molecule has 31 heavy (non-hydrogen) atoms. The number of nitrogens with zero attached hydrogens (tertiary/aromatic N) is 2. The molecule has 0 saturated heterocycles. The standard InChI is InChI=1S/C21H24N4O3S3/c1-5-10-29-21-24-23-20(30-21)22-19(26)16-9-8-15(4)18(12-16)31(27,28)25-17-11-13(2)6-7-14(17)3/h6-9,11-12,25H,5,10H2,1-4H3,(H,22,23,26). The Morgan fingerprint density at radius 2 is 1.81 bits per heavy atom. The van der Waals surface area contributed by atoms with Gasteiger partial charge in [-0.15, -0.1) is 10.2 Å². The van der Waals surface area contributed by atoms with Crippen molar-refractivity contribution < 1.29 is 13.2 Å². The number of anilines is 2. The molecule has 0 atom stereocenters. The van der Waals surface area contributed by atoms with Gasteiger partial charge in [-0.05, 0) is 62.1 Å². The summed E-state index contributed by atoms with van der Waals surface area (Å²) in [6.07, 6.45) is 1.02. The number of hydrogen-bond donors (Lipinski definition) is 2. The molecule has 3 rings (SSSR count). The first-order chi connectivity index (χ1) is 14.7. The van der Waals surface area contributed by atoms with Crippen LogP contribution in [0.4, 0.5) is 10.8 Å². The maximum absolute atomic E-state index is 13.1. The maximum atomic E-state index is 13.1. The first-order valence-corrected chi connectivity index (χ1v) is 13.0. The van der Waals surface area contributed by atoms with Gasteiger partial charge in [0.1, 0.15) is 0 Å². The molecule has 2 N–H and O–H groups in total. The van der Waals surface area contributed by atoms with Crippen molar-refractivity contribution in [3.05, 3.63) is 58.7 Å². The van der Waals surface area contributed by atoms with Gasteiger partial charge in [0.05, 0.1) is 10.6 Å². The van der Waals surface area contributed by atoms with E-state index < -0.39 is 15.9 Å². The van der Waals surface area contributed by atoms with E-state index in [1.54, 1.807) is 36.9 Å². The first-order valence-electron chi connectivity index (χ1n) is 9.68. The van der Waals surface area contributed by atoms with Crippen LogP contribution < -0.4 is 10.0 Å². The largest absolute Gasteiger partial charge is 0.296 e. The number of hydrogen-bond acceptors (Lipinski definition) is 7. The third-order valence-electron chi connectivity index (χ3n) is 4.43. The fourth-order valence-corrected chi connectivity index (χ4v) is 5.82.